The van der Waals surface area contributed by atoms with Gasteiger partial charge in [-0.2, -0.15) is 0 Å². The molecule has 3 rings (SSSR count). The molecule has 0 aromatic heterocycles. The maximum Gasteiger partial charge on any atom is 0.261 e. The first-order valence-corrected chi connectivity index (χ1v) is 11.1. The molecule has 1 amide bonds. The van der Waals surface area contributed by atoms with Gasteiger partial charge in [-0.3, -0.25) is 9.52 Å². The molecule has 0 saturated carbocycles. The quantitative estimate of drug-likeness (QED) is 0.481. The van der Waals surface area contributed by atoms with E-state index in [9.17, 15) is 13.2 Å². The number of hydrogen-bond acceptors (Lipinski definition) is 4. The Kier molecular flexibility index (Phi) is 7.04. The van der Waals surface area contributed by atoms with Crippen LogP contribution in [0.1, 0.15) is 5.56 Å². The van der Waals surface area contributed by atoms with Gasteiger partial charge >= 0.3 is 0 Å². The van der Waals surface area contributed by atoms with Crippen LogP contribution in [-0.2, 0) is 21.2 Å². The molecule has 0 unspecified atom stereocenters. The highest BCUT2D eigenvalue weighted by Crippen LogP contribution is 2.18. The number of amides is 1. The fourth-order valence-corrected chi connectivity index (χ4v) is 3.97. The molecule has 0 spiro atoms. The third kappa shape index (κ3) is 6.28. The van der Waals surface area contributed by atoms with Crippen LogP contribution in [0.4, 0.5) is 11.4 Å². The van der Waals surface area contributed by atoms with Gasteiger partial charge in [-0.15, -0.1) is 0 Å². The third-order valence-electron chi connectivity index (χ3n) is 3.98. The van der Waals surface area contributed by atoms with E-state index in [0.717, 1.165) is 5.56 Å². The topological polar surface area (TPSA) is 87.3 Å². The fraction of sp³-hybridized carbons (Fsp3) is 0.0476. The van der Waals surface area contributed by atoms with Crippen LogP contribution in [0, 0.1) is 0 Å². The number of thiocarbonyl (C=S) groups is 1. The van der Waals surface area contributed by atoms with Crippen LogP contribution in [0.2, 0.25) is 5.02 Å². The molecule has 0 aliphatic heterocycles. The summed E-state index contributed by atoms with van der Waals surface area (Å²) in [5.41, 5.74) is 1.83. The Bertz CT molecular complexity index is 1130. The molecule has 0 saturated heterocycles. The average molecular weight is 460 g/mol. The van der Waals surface area contributed by atoms with Gasteiger partial charge in [0.2, 0.25) is 5.91 Å². The van der Waals surface area contributed by atoms with Crippen LogP contribution in [-0.4, -0.2) is 19.4 Å². The number of halogens is 1. The summed E-state index contributed by atoms with van der Waals surface area (Å²) in [6, 6.07) is 21.6. The molecule has 3 aromatic carbocycles. The van der Waals surface area contributed by atoms with Crippen LogP contribution in [0.3, 0.4) is 0 Å². The second-order valence-electron chi connectivity index (χ2n) is 6.30. The van der Waals surface area contributed by atoms with Crippen LogP contribution in [0.25, 0.3) is 0 Å². The zero-order valence-corrected chi connectivity index (χ0v) is 18.0. The minimum absolute atomic E-state index is 0.106. The number of rotatable bonds is 6. The lowest BCUT2D eigenvalue weighted by Crippen LogP contribution is -2.35. The molecular formula is C21H18ClN3O3S2. The number of para-hydroxylation sites is 1. The highest BCUT2D eigenvalue weighted by Gasteiger charge is 2.14. The predicted octanol–water partition coefficient (Wildman–Crippen LogP) is 4.20. The lowest BCUT2D eigenvalue weighted by molar-refractivity contribution is -0.119. The van der Waals surface area contributed by atoms with Gasteiger partial charge in [-0.1, -0.05) is 41.9 Å². The molecule has 9 heteroatoms. The highest BCUT2D eigenvalue weighted by molar-refractivity contribution is 7.92. The molecular weight excluding hydrogens is 442 g/mol. The van der Waals surface area contributed by atoms with Gasteiger partial charge in [0.05, 0.1) is 11.3 Å². The third-order valence-corrected chi connectivity index (χ3v) is 5.83. The minimum Gasteiger partial charge on any atom is -0.332 e. The summed E-state index contributed by atoms with van der Waals surface area (Å²) in [7, 11) is -3.71. The Morgan fingerprint density at radius 1 is 0.867 bits per heavy atom. The summed E-state index contributed by atoms with van der Waals surface area (Å²) in [5.74, 6) is -0.277. The maximum atomic E-state index is 12.5. The number of anilines is 2. The van der Waals surface area contributed by atoms with E-state index in [-0.39, 0.29) is 22.3 Å². The van der Waals surface area contributed by atoms with Gasteiger partial charge in [-0.05, 0) is 66.3 Å². The van der Waals surface area contributed by atoms with Crippen molar-refractivity contribution in [3.05, 3.63) is 89.4 Å². The first-order valence-electron chi connectivity index (χ1n) is 8.85. The van der Waals surface area contributed by atoms with E-state index in [1.165, 1.54) is 12.1 Å². The number of benzene rings is 3. The molecule has 0 heterocycles. The van der Waals surface area contributed by atoms with Crippen molar-refractivity contribution >= 4 is 56.2 Å². The van der Waals surface area contributed by atoms with Crippen molar-refractivity contribution in [3.8, 4) is 0 Å². The Hall–Kier alpha value is -2.94. The molecule has 154 valence electrons. The fourth-order valence-electron chi connectivity index (χ4n) is 2.56. The molecule has 30 heavy (non-hydrogen) atoms. The van der Waals surface area contributed by atoms with Gasteiger partial charge in [0, 0.05) is 16.4 Å². The van der Waals surface area contributed by atoms with Gasteiger partial charge in [0.15, 0.2) is 5.11 Å². The smallest absolute Gasteiger partial charge is 0.261 e. The monoisotopic (exact) mass is 459 g/mol. The Labute approximate surface area is 185 Å². The summed E-state index contributed by atoms with van der Waals surface area (Å²) < 4.78 is 27.4. The van der Waals surface area contributed by atoms with E-state index in [1.807, 2.05) is 0 Å². The van der Waals surface area contributed by atoms with Gasteiger partial charge in [0.25, 0.3) is 10.0 Å². The largest absolute Gasteiger partial charge is 0.332 e. The van der Waals surface area contributed by atoms with Crippen LogP contribution in [0.15, 0.2) is 83.8 Å². The standard InChI is InChI=1S/C21H18ClN3O3S2/c22-16-8-6-15(7-9-16)14-20(26)24-21(29)23-17-10-12-19(13-11-17)30(27,28)25-18-4-2-1-3-5-18/h1-13,25H,14H2,(H2,23,24,26,29). The molecule has 6 nitrogen and oxygen atoms in total. The first kappa shape index (κ1) is 21.8. The predicted molar refractivity (Wildman–Crippen MR) is 123 cm³/mol. The number of nitrogens with one attached hydrogen (secondary N) is 3. The molecule has 0 radical (unpaired) electrons. The Balaban J connectivity index is 1.56. The lowest BCUT2D eigenvalue weighted by Gasteiger charge is -2.11. The second kappa shape index (κ2) is 9.71. The number of carbonyl (C=O) groups excluding carboxylic acids is 1. The van der Waals surface area contributed by atoms with Crippen molar-refractivity contribution in [1.29, 1.82) is 0 Å². The summed E-state index contributed by atoms with van der Waals surface area (Å²) in [6.45, 7) is 0. The molecule has 0 fully saturated rings. The van der Waals surface area contributed by atoms with E-state index in [2.05, 4.69) is 15.4 Å². The summed E-state index contributed by atoms with van der Waals surface area (Å²) in [6.07, 6.45) is 0.154. The SMILES string of the molecule is O=C(Cc1ccc(Cl)cc1)NC(=S)Nc1ccc(S(=O)(=O)Nc2ccccc2)cc1. The van der Waals surface area contributed by atoms with Crippen LogP contribution < -0.4 is 15.4 Å². The summed E-state index contributed by atoms with van der Waals surface area (Å²) in [4.78, 5) is 12.2. The summed E-state index contributed by atoms with van der Waals surface area (Å²) in [5, 5.41) is 6.16. The number of carbonyl (C=O) groups is 1. The second-order valence-corrected chi connectivity index (χ2v) is 8.83. The Morgan fingerprint density at radius 2 is 1.50 bits per heavy atom. The van der Waals surface area contributed by atoms with Crippen molar-refractivity contribution in [1.82, 2.24) is 5.32 Å². The highest BCUT2D eigenvalue weighted by atomic mass is 35.5. The summed E-state index contributed by atoms with van der Waals surface area (Å²) >= 11 is 11.0. The van der Waals surface area contributed by atoms with Gasteiger partial charge in [-0.25, -0.2) is 8.42 Å². The van der Waals surface area contributed by atoms with Crippen molar-refractivity contribution in [2.75, 3.05) is 10.0 Å². The van der Waals surface area contributed by atoms with Crippen molar-refractivity contribution in [3.63, 3.8) is 0 Å². The number of hydrogen-bond donors (Lipinski definition) is 3. The average Bonchev–Trinajstić information content (AvgIpc) is 2.70. The van der Waals surface area contributed by atoms with E-state index < -0.39 is 10.0 Å². The zero-order chi connectivity index (χ0) is 21.6. The zero-order valence-electron chi connectivity index (χ0n) is 15.6. The van der Waals surface area contributed by atoms with Gasteiger partial charge < -0.3 is 10.6 Å². The number of sulfonamides is 1. The van der Waals surface area contributed by atoms with E-state index in [1.54, 1.807) is 66.7 Å². The van der Waals surface area contributed by atoms with E-state index in [0.29, 0.717) is 16.4 Å². The van der Waals surface area contributed by atoms with E-state index in [4.69, 9.17) is 23.8 Å². The van der Waals surface area contributed by atoms with Crippen molar-refractivity contribution in [2.24, 2.45) is 0 Å². The molecule has 0 atom stereocenters. The van der Waals surface area contributed by atoms with Crippen molar-refractivity contribution in [2.45, 2.75) is 11.3 Å². The Morgan fingerprint density at radius 3 is 2.13 bits per heavy atom. The maximum absolute atomic E-state index is 12.5. The molecule has 3 N–H and O–H groups in total. The van der Waals surface area contributed by atoms with E-state index >= 15 is 0 Å². The lowest BCUT2D eigenvalue weighted by atomic mass is 10.1. The minimum atomic E-state index is -3.71. The van der Waals surface area contributed by atoms with Gasteiger partial charge in [0.1, 0.15) is 0 Å². The van der Waals surface area contributed by atoms with Crippen LogP contribution >= 0.6 is 23.8 Å². The molecule has 0 bridgehead atoms. The normalized spacial score (nSPS) is 10.8. The molecule has 0 aliphatic rings. The van der Waals surface area contributed by atoms with Crippen molar-refractivity contribution < 1.29 is 13.2 Å². The molecule has 3 aromatic rings. The first-order chi connectivity index (χ1) is 14.3. The van der Waals surface area contributed by atoms with Crippen LogP contribution in [0.5, 0.6) is 0 Å². The molecule has 0 aliphatic carbocycles.